The molecule has 0 unspecified atom stereocenters. The first-order chi connectivity index (χ1) is 22.8. The summed E-state index contributed by atoms with van der Waals surface area (Å²) in [6.45, 7) is 0. The first kappa shape index (κ1) is 25.9. The molecule has 4 heteroatoms. The molecule has 0 spiro atoms. The van der Waals surface area contributed by atoms with Crippen LogP contribution in [0.1, 0.15) is 0 Å². The summed E-state index contributed by atoms with van der Waals surface area (Å²) in [5.74, 6) is 0. The lowest BCUT2D eigenvalue weighted by Gasteiger charge is -2.27. The van der Waals surface area contributed by atoms with Gasteiger partial charge in [0.15, 0.2) is 0 Å². The summed E-state index contributed by atoms with van der Waals surface area (Å²) in [6.07, 6.45) is 0. The van der Waals surface area contributed by atoms with E-state index in [1.54, 1.807) is 0 Å². The van der Waals surface area contributed by atoms with Gasteiger partial charge in [-0.05, 0) is 66.7 Å². The number of aromatic nitrogens is 1. The van der Waals surface area contributed by atoms with E-state index in [1.165, 1.54) is 73.5 Å². The largest absolute Gasteiger partial charge is 0.309 e. The SMILES string of the molecule is c1ccc(-n2c3ccccc3c3ccc(N(c4cccc5sc6ccccc6c45)c4cccc5sc6ccccc6c45)cc32)cc1. The predicted octanol–water partition coefficient (Wildman–Crippen LogP) is 13.0. The van der Waals surface area contributed by atoms with Gasteiger partial charge < -0.3 is 9.47 Å². The molecular weight excluding hydrogens is 597 g/mol. The number of nitrogens with zero attached hydrogens (tertiary/aromatic N) is 2. The lowest BCUT2D eigenvalue weighted by molar-refractivity contribution is 1.18. The van der Waals surface area contributed by atoms with Crippen LogP contribution in [-0.4, -0.2) is 4.57 Å². The Balaban J connectivity index is 1.34. The third-order valence-electron chi connectivity index (χ3n) is 9.17. The van der Waals surface area contributed by atoms with E-state index in [0.717, 1.165) is 11.4 Å². The number of benzene rings is 7. The van der Waals surface area contributed by atoms with Crippen LogP contribution in [0.5, 0.6) is 0 Å². The van der Waals surface area contributed by atoms with E-state index >= 15 is 0 Å². The van der Waals surface area contributed by atoms with Crippen molar-refractivity contribution >= 4 is 102 Å². The maximum atomic E-state index is 2.51. The Hall–Kier alpha value is -5.42. The maximum Gasteiger partial charge on any atom is 0.0561 e. The number of rotatable bonds is 4. The molecule has 0 aliphatic heterocycles. The Morgan fingerprint density at radius 3 is 1.57 bits per heavy atom. The Labute approximate surface area is 273 Å². The zero-order chi connectivity index (χ0) is 30.2. The van der Waals surface area contributed by atoms with Gasteiger partial charge in [-0.2, -0.15) is 0 Å². The normalized spacial score (nSPS) is 11.9. The van der Waals surface area contributed by atoms with Crippen molar-refractivity contribution in [2.24, 2.45) is 0 Å². The van der Waals surface area contributed by atoms with Crippen molar-refractivity contribution in [1.29, 1.82) is 0 Å². The van der Waals surface area contributed by atoms with E-state index in [2.05, 4.69) is 167 Å². The van der Waals surface area contributed by atoms with Crippen LogP contribution in [0.15, 0.2) is 158 Å². The van der Waals surface area contributed by atoms with Crippen LogP contribution in [0.3, 0.4) is 0 Å². The highest BCUT2D eigenvalue weighted by atomic mass is 32.1. The van der Waals surface area contributed by atoms with E-state index in [-0.39, 0.29) is 0 Å². The Bertz CT molecular complexity index is 2650. The quantitative estimate of drug-likeness (QED) is 0.190. The molecular formula is C42H26N2S2. The molecule has 3 heterocycles. The van der Waals surface area contributed by atoms with Crippen molar-refractivity contribution in [3.63, 3.8) is 0 Å². The van der Waals surface area contributed by atoms with E-state index in [1.807, 2.05) is 22.7 Å². The van der Waals surface area contributed by atoms with Crippen LogP contribution in [0.4, 0.5) is 17.1 Å². The van der Waals surface area contributed by atoms with Crippen molar-refractivity contribution in [1.82, 2.24) is 4.57 Å². The molecule has 0 aliphatic carbocycles. The molecule has 0 saturated heterocycles. The summed E-state index contributed by atoms with van der Waals surface area (Å²) in [5.41, 5.74) is 7.09. The van der Waals surface area contributed by atoms with Crippen molar-refractivity contribution in [2.75, 3.05) is 4.90 Å². The molecule has 0 N–H and O–H groups in total. The fourth-order valence-electron chi connectivity index (χ4n) is 7.25. The molecule has 7 aromatic carbocycles. The van der Waals surface area contributed by atoms with Crippen LogP contribution >= 0.6 is 22.7 Å². The highest BCUT2D eigenvalue weighted by Gasteiger charge is 2.23. The molecule has 0 saturated carbocycles. The second-order valence-corrected chi connectivity index (χ2v) is 13.9. The number of hydrogen-bond donors (Lipinski definition) is 0. The average Bonchev–Trinajstić information content (AvgIpc) is 3.79. The summed E-state index contributed by atoms with van der Waals surface area (Å²) in [5, 5.41) is 7.69. The standard InChI is InChI=1S/C42H26N2S2/c1-2-12-27(13-3-1)43-33-17-7-4-14-29(33)30-25-24-28(26-36(30)43)44(34-18-10-22-39-41(34)31-15-5-8-20-37(31)45-39)35-19-11-23-40-42(35)32-16-6-9-21-38(32)46-40/h1-26H. The molecule has 0 aliphatic rings. The van der Waals surface area contributed by atoms with Gasteiger partial charge in [-0.1, -0.05) is 91.0 Å². The number of para-hydroxylation sites is 2. The smallest absolute Gasteiger partial charge is 0.0561 e. The van der Waals surface area contributed by atoms with Crippen LogP contribution in [-0.2, 0) is 0 Å². The van der Waals surface area contributed by atoms with Crippen molar-refractivity contribution in [2.45, 2.75) is 0 Å². The molecule has 216 valence electrons. The molecule has 10 rings (SSSR count). The van der Waals surface area contributed by atoms with Crippen LogP contribution in [0.25, 0.3) is 67.8 Å². The van der Waals surface area contributed by atoms with Gasteiger partial charge in [0.25, 0.3) is 0 Å². The second kappa shape index (κ2) is 10.0. The molecule has 0 fully saturated rings. The van der Waals surface area contributed by atoms with Crippen molar-refractivity contribution in [3.8, 4) is 5.69 Å². The number of fused-ring (bicyclic) bond motifs is 9. The van der Waals surface area contributed by atoms with E-state index in [9.17, 15) is 0 Å². The lowest BCUT2D eigenvalue weighted by atomic mass is 10.0. The number of hydrogen-bond acceptors (Lipinski definition) is 3. The van der Waals surface area contributed by atoms with E-state index in [4.69, 9.17) is 0 Å². The first-order valence-corrected chi connectivity index (χ1v) is 17.2. The van der Waals surface area contributed by atoms with E-state index in [0.29, 0.717) is 0 Å². The van der Waals surface area contributed by atoms with Gasteiger partial charge in [0, 0.05) is 62.5 Å². The second-order valence-electron chi connectivity index (χ2n) is 11.7. The molecule has 0 amide bonds. The van der Waals surface area contributed by atoms with Gasteiger partial charge in [0.05, 0.1) is 22.4 Å². The minimum absolute atomic E-state index is 1.14. The van der Waals surface area contributed by atoms with Crippen molar-refractivity contribution < 1.29 is 0 Å². The zero-order valence-corrected chi connectivity index (χ0v) is 26.4. The summed E-state index contributed by atoms with van der Waals surface area (Å²) in [7, 11) is 0. The monoisotopic (exact) mass is 622 g/mol. The molecule has 3 aromatic heterocycles. The average molecular weight is 623 g/mol. The van der Waals surface area contributed by atoms with Gasteiger partial charge in [0.1, 0.15) is 0 Å². The Morgan fingerprint density at radius 1 is 0.391 bits per heavy atom. The zero-order valence-electron chi connectivity index (χ0n) is 24.7. The highest BCUT2D eigenvalue weighted by molar-refractivity contribution is 7.26. The van der Waals surface area contributed by atoms with Crippen LogP contribution in [0, 0.1) is 0 Å². The molecule has 0 bridgehead atoms. The Kier molecular flexibility index (Phi) is 5.65. The fraction of sp³-hybridized carbons (Fsp3) is 0. The Morgan fingerprint density at radius 2 is 0.913 bits per heavy atom. The maximum absolute atomic E-state index is 2.51. The number of thiophene rings is 2. The van der Waals surface area contributed by atoms with Crippen molar-refractivity contribution in [3.05, 3.63) is 158 Å². The third kappa shape index (κ3) is 3.75. The molecule has 0 radical (unpaired) electrons. The topological polar surface area (TPSA) is 8.17 Å². The molecule has 0 atom stereocenters. The summed E-state index contributed by atoms with van der Waals surface area (Å²) >= 11 is 3.74. The van der Waals surface area contributed by atoms with E-state index < -0.39 is 0 Å². The predicted molar refractivity (Wildman–Crippen MR) is 201 cm³/mol. The fourth-order valence-corrected chi connectivity index (χ4v) is 9.50. The van der Waals surface area contributed by atoms with Gasteiger partial charge in [0.2, 0.25) is 0 Å². The minimum atomic E-state index is 1.14. The molecule has 10 aromatic rings. The van der Waals surface area contributed by atoms with Gasteiger partial charge in [-0.25, -0.2) is 0 Å². The van der Waals surface area contributed by atoms with Gasteiger partial charge in [-0.15, -0.1) is 22.7 Å². The van der Waals surface area contributed by atoms with Crippen LogP contribution < -0.4 is 4.90 Å². The minimum Gasteiger partial charge on any atom is -0.309 e. The molecule has 2 nitrogen and oxygen atoms in total. The summed E-state index contributed by atoms with van der Waals surface area (Å²) in [4.78, 5) is 2.51. The number of anilines is 3. The summed E-state index contributed by atoms with van der Waals surface area (Å²) in [6, 6.07) is 57.7. The van der Waals surface area contributed by atoms with Gasteiger partial charge >= 0.3 is 0 Å². The van der Waals surface area contributed by atoms with Crippen LogP contribution in [0.2, 0.25) is 0 Å². The first-order valence-electron chi connectivity index (χ1n) is 15.5. The summed E-state index contributed by atoms with van der Waals surface area (Å²) < 4.78 is 7.62. The van der Waals surface area contributed by atoms with Gasteiger partial charge in [-0.3, -0.25) is 0 Å². The lowest BCUT2D eigenvalue weighted by Crippen LogP contribution is -2.11. The molecule has 46 heavy (non-hydrogen) atoms. The highest BCUT2D eigenvalue weighted by Crippen LogP contribution is 2.49. The third-order valence-corrected chi connectivity index (χ3v) is 11.4.